The van der Waals surface area contributed by atoms with Crippen LogP contribution < -0.4 is 11.1 Å². The van der Waals surface area contributed by atoms with Crippen molar-refractivity contribution in [2.75, 3.05) is 26.2 Å². The number of hydrogen-bond acceptors (Lipinski definition) is 3. The van der Waals surface area contributed by atoms with Crippen LogP contribution in [0.25, 0.3) is 0 Å². The molecule has 0 spiro atoms. The number of piperidine rings is 1. The van der Waals surface area contributed by atoms with Crippen molar-refractivity contribution in [2.24, 2.45) is 11.7 Å². The van der Waals surface area contributed by atoms with E-state index < -0.39 is 0 Å². The first-order valence-electron chi connectivity index (χ1n) is 12.0. The van der Waals surface area contributed by atoms with Crippen molar-refractivity contribution in [3.8, 4) is 0 Å². The molecule has 1 heterocycles. The fraction of sp³-hybridized carbons (Fsp3) is 0.760. The van der Waals surface area contributed by atoms with Crippen LogP contribution in [0.4, 0.5) is 0 Å². The van der Waals surface area contributed by atoms with E-state index in [0.29, 0.717) is 6.04 Å². The molecule has 0 aromatic heterocycles. The second kappa shape index (κ2) is 11.3. The maximum atomic E-state index is 6.80. The van der Waals surface area contributed by atoms with Crippen molar-refractivity contribution in [2.45, 2.75) is 89.1 Å². The largest absolute Gasteiger partial charge is 0.325 e. The zero-order valence-electron chi connectivity index (χ0n) is 18.2. The molecule has 1 aromatic carbocycles. The number of nitrogens with two attached hydrogens (primary N) is 1. The Bertz CT molecular complexity index is 530. The molecule has 1 saturated carbocycles. The van der Waals surface area contributed by atoms with Crippen LogP contribution in [0.2, 0.25) is 0 Å². The van der Waals surface area contributed by atoms with Gasteiger partial charge in [-0.15, -0.1) is 0 Å². The predicted molar refractivity (Wildman–Crippen MR) is 121 cm³/mol. The predicted octanol–water partition coefficient (Wildman–Crippen LogP) is 4.75. The maximum absolute atomic E-state index is 6.80. The molecule has 1 aliphatic carbocycles. The third kappa shape index (κ3) is 6.86. The maximum Gasteiger partial charge on any atom is 0.0190 e. The summed E-state index contributed by atoms with van der Waals surface area (Å²) in [6.07, 6.45) is 14.3. The van der Waals surface area contributed by atoms with Gasteiger partial charge in [-0.3, -0.25) is 4.90 Å². The summed E-state index contributed by atoms with van der Waals surface area (Å²) in [5.74, 6) is 0.914. The normalized spacial score (nSPS) is 22.2. The highest BCUT2D eigenvalue weighted by Gasteiger charge is 2.32. The van der Waals surface area contributed by atoms with Crippen molar-refractivity contribution >= 4 is 0 Å². The van der Waals surface area contributed by atoms with E-state index in [1.165, 1.54) is 63.5 Å². The summed E-state index contributed by atoms with van der Waals surface area (Å²) in [6.45, 7) is 6.94. The minimum atomic E-state index is 0.0412. The van der Waals surface area contributed by atoms with Crippen LogP contribution in [0.5, 0.6) is 0 Å². The van der Waals surface area contributed by atoms with Crippen molar-refractivity contribution in [3.63, 3.8) is 0 Å². The molecular weight excluding hydrogens is 342 g/mol. The summed E-state index contributed by atoms with van der Waals surface area (Å²) in [5.41, 5.74) is 8.31. The lowest BCUT2D eigenvalue weighted by Crippen LogP contribution is -2.54. The third-order valence-electron chi connectivity index (χ3n) is 7.20. The van der Waals surface area contributed by atoms with Gasteiger partial charge in [-0.25, -0.2) is 0 Å². The Balaban J connectivity index is 1.39. The minimum Gasteiger partial charge on any atom is -0.325 e. The first-order valence-corrected chi connectivity index (χ1v) is 12.0. The molecule has 3 nitrogen and oxygen atoms in total. The van der Waals surface area contributed by atoms with Crippen LogP contribution in [0.1, 0.15) is 76.7 Å². The molecule has 1 saturated heterocycles. The minimum absolute atomic E-state index is 0.0412. The fourth-order valence-electron chi connectivity index (χ4n) is 5.25. The summed E-state index contributed by atoms with van der Waals surface area (Å²) in [4.78, 5) is 2.72. The number of nitrogens with zero attached hydrogens (tertiary/aromatic N) is 1. The Morgan fingerprint density at radius 3 is 2.50 bits per heavy atom. The third-order valence-corrected chi connectivity index (χ3v) is 7.20. The average molecular weight is 386 g/mol. The molecular formula is C25H43N3. The lowest BCUT2D eigenvalue weighted by atomic mass is 9.84. The van der Waals surface area contributed by atoms with E-state index >= 15 is 0 Å². The Hall–Kier alpha value is -0.900. The van der Waals surface area contributed by atoms with Gasteiger partial charge in [0.15, 0.2) is 0 Å². The lowest BCUT2D eigenvalue weighted by Gasteiger charge is -2.43. The quantitative estimate of drug-likeness (QED) is 0.571. The van der Waals surface area contributed by atoms with Crippen LogP contribution in [-0.4, -0.2) is 42.7 Å². The summed E-state index contributed by atoms with van der Waals surface area (Å²) in [7, 11) is 0. The summed E-state index contributed by atoms with van der Waals surface area (Å²) in [5, 5.41) is 3.72. The molecule has 2 fully saturated rings. The van der Waals surface area contributed by atoms with Crippen LogP contribution in [0, 0.1) is 5.92 Å². The SMILES string of the molecule is CCCC(Cc1ccccc1)N1CCC(N)(CCNCC2CCCCC2)CC1. The zero-order chi connectivity index (χ0) is 19.7. The van der Waals surface area contributed by atoms with E-state index in [0.717, 1.165) is 44.8 Å². The zero-order valence-corrected chi connectivity index (χ0v) is 18.2. The number of rotatable bonds is 10. The number of nitrogens with one attached hydrogen (secondary N) is 1. The van der Waals surface area contributed by atoms with Gasteiger partial charge in [0.25, 0.3) is 0 Å². The number of hydrogen-bond donors (Lipinski definition) is 2. The molecule has 3 heteroatoms. The monoisotopic (exact) mass is 385 g/mol. The Morgan fingerprint density at radius 2 is 1.82 bits per heavy atom. The molecule has 158 valence electrons. The van der Waals surface area contributed by atoms with Crippen molar-refractivity contribution < 1.29 is 0 Å². The van der Waals surface area contributed by atoms with Gasteiger partial charge in [0.1, 0.15) is 0 Å². The molecule has 3 rings (SSSR count). The van der Waals surface area contributed by atoms with Crippen LogP contribution in [-0.2, 0) is 6.42 Å². The highest BCUT2D eigenvalue weighted by molar-refractivity contribution is 5.16. The highest BCUT2D eigenvalue weighted by atomic mass is 15.2. The molecule has 0 bridgehead atoms. The first kappa shape index (κ1) is 21.8. The first-order chi connectivity index (χ1) is 13.7. The van der Waals surface area contributed by atoms with Gasteiger partial charge in [-0.05, 0) is 69.5 Å². The highest BCUT2D eigenvalue weighted by Crippen LogP contribution is 2.27. The molecule has 1 aliphatic heterocycles. The van der Waals surface area contributed by atoms with Crippen LogP contribution in [0.3, 0.4) is 0 Å². The summed E-state index contributed by atoms with van der Waals surface area (Å²) < 4.78 is 0. The lowest BCUT2D eigenvalue weighted by molar-refractivity contribution is 0.106. The second-order valence-corrected chi connectivity index (χ2v) is 9.49. The van der Waals surface area contributed by atoms with Gasteiger partial charge in [-0.2, -0.15) is 0 Å². The second-order valence-electron chi connectivity index (χ2n) is 9.49. The number of benzene rings is 1. The Morgan fingerprint density at radius 1 is 1.11 bits per heavy atom. The fourth-order valence-corrected chi connectivity index (χ4v) is 5.25. The summed E-state index contributed by atoms with van der Waals surface area (Å²) >= 11 is 0. The molecule has 1 aromatic rings. The molecule has 0 radical (unpaired) electrons. The van der Waals surface area contributed by atoms with E-state index in [1.807, 2.05) is 0 Å². The van der Waals surface area contributed by atoms with E-state index in [-0.39, 0.29) is 5.54 Å². The van der Waals surface area contributed by atoms with Gasteiger partial charge in [0.2, 0.25) is 0 Å². The van der Waals surface area contributed by atoms with Crippen molar-refractivity contribution in [1.29, 1.82) is 0 Å². The molecule has 1 atom stereocenters. The van der Waals surface area contributed by atoms with E-state index in [9.17, 15) is 0 Å². The standard InChI is InChI=1S/C25H43N3/c1-2-9-24(20-22-10-5-3-6-11-22)28-18-15-25(26,16-19-28)14-17-27-21-23-12-7-4-8-13-23/h3,5-6,10-11,23-24,27H,2,4,7-9,12-21,26H2,1H3. The molecule has 28 heavy (non-hydrogen) atoms. The van der Waals surface area contributed by atoms with Gasteiger partial charge in [0, 0.05) is 24.7 Å². The number of likely N-dealkylation sites (tertiary alicyclic amines) is 1. The van der Waals surface area contributed by atoms with Gasteiger partial charge < -0.3 is 11.1 Å². The van der Waals surface area contributed by atoms with Crippen LogP contribution in [0.15, 0.2) is 30.3 Å². The van der Waals surface area contributed by atoms with E-state index in [4.69, 9.17) is 5.73 Å². The van der Waals surface area contributed by atoms with E-state index in [2.05, 4.69) is 47.5 Å². The smallest absolute Gasteiger partial charge is 0.0190 e. The topological polar surface area (TPSA) is 41.3 Å². The summed E-state index contributed by atoms with van der Waals surface area (Å²) in [6, 6.07) is 11.7. The van der Waals surface area contributed by atoms with Gasteiger partial charge in [-0.1, -0.05) is 62.9 Å². The van der Waals surface area contributed by atoms with Crippen LogP contribution >= 0.6 is 0 Å². The van der Waals surface area contributed by atoms with Crippen molar-refractivity contribution in [3.05, 3.63) is 35.9 Å². The average Bonchev–Trinajstić information content (AvgIpc) is 2.73. The molecule has 2 aliphatic rings. The van der Waals surface area contributed by atoms with Crippen molar-refractivity contribution in [1.82, 2.24) is 10.2 Å². The Labute approximate surface area is 173 Å². The van der Waals surface area contributed by atoms with Gasteiger partial charge >= 0.3 is 0 Å². The van der Waals surface area contributed by atoms with E-state index in [1.54, 1.807) is 0 Å². The Kier molecular flexibility index (Phi) is 8.82. The van der Waals surface area contributed by atoms with Gasteiger partial charge in [0.05, 0.1) is 0 Å². The molecule has 0 amide bonds. The molecule has 1 unspecified atom stereocenters. The molecule has 3 N–H and O–H groups in total.